The van der Waals surface area contributed by atoms with Crippen LogP contribution in [0.2, 0.25) is 0 Å². The third-order valence-electron chi connectivity index (χ3n) is 5.06. The predicted molar refractivity (Wildman–Crippen MR) is 131 cm³/mol. The summed E-state index contributed by atoms with van der Waals surface area (Å²) in [5, 5.41) is 8.53. The van der Waals surface area contributed by atoms with Gasteiger partial charge in [0.25, 0.3) is 11.8 Å². The van der Waals surface area contributed by atoms with Crippen LogP contribution in [0.5, 0.6) is 0 Å². The minimum atomic E-state index is -0.552. The maximum Gasteiger partial charge on any atom is 0.255 e. The van der Waals surface area contributed by atoms with Gasteiger partial charge in [-0.3, -0.25) is 14.4 Å². The van der Waals surface area contributed by atoms with Crippen molar-refractivity contribution in [3.8, 4) is 0 Å². The maximum atomic E-state index is 12.9. The number of anilines is 2. The minimum Gasteiger partial charge on any atom is -0.348 e. The molecule has 3 aromatic carbocycles. The van der Waals surface area contributed by atoms with E-state index < -0.39 is 5.41 Å². The second-order valence-corrected chi connectivity index (χ2v) is 8.95. The van der Waals surface area contributed by atoms with E-state index in [4.69, 9.17) is 0 Å². The summed E-state index contributed by atoms with van der Waals surface area (Å²) in [7, 11) is 0. The summed E-state index contributed by atoms with van der Waals surface area (Å²) in [5.74, 6) is -0.797. The lowest BCUT2D eigenvalue weighted by atomic mass is 9.95. The SMILES string of the molecule is Cc1ccc(CNC(=O)c2ccccc2NC(=O)c2cccc(NC(=O)C(C)(C)C)c2)cc1. The normalized spacial score (nSPS) is 10.9. The first-order valence-electron chi connectivity index (χ1n) is 10.8. The van der Waals surface area contributed by atoms with Crippen LogP contribution in [0.1, 0.15) is 52.6 Å². The average Bonchev–Trinajstić information content (AvgIpc) is 2.78. The summed E-state index contributed by atoms with van der Waals surface area (Å²) in [6, 6.07) is 21.5. The van der Waals surface area contributed by atoms with Gasteiger partial charge in [0.2, 0.25) is 5.91 Å². The van der Waals surface area contributed by atoms with Gasteiger partial charge >= 0.3 is 0 Å². The Labute approximate surface area is 194 Å². The average molecular weight is 444 g/mol. The fraction of sp³-hybridized carbons (Fsp3) is 0.222. The van der Waals surface area contributed by atoms with E-state index in [9.17, 15) is 14.4 Å². The second kappa shape index (κ2) is 10.1. The molecule has 3 rings (SSSR count). The number of carbonyl (C=O) groups excluding carboxylic acids is 3. The van der Waals surface area contributed by atoms with Crippen molar-refractivity contribution in [3.63, 3.8) is 0 Å². The van der Waals surface area contributed by atoms with Crippen LogP contribution in [0.4, 0.5) is 11.4 Å². The highest BCUT2D eigenvalue weighted by molar-refractivity contribution is 6.09. The standard InChI is InChI=1S/C27H29N3O3/c1-18-12-14-19(15-13-18)17-28-25(32)22-10-5-6-11-23(22)30-24(31)20-8-7-9-21(16-20)29-26(33)27(2,3)4/h5-16H,17H2,1-4H3,(H,28,32)(H,29,33)(H,30,31). The third-order valence-corrected chi connectivity index (χ3v) is 5.06. The van der Waals surface area contributed by atoms with Crippen molar-refractivity contribution in [3.05, 3.63) is 95.1 Å². The second-order valence-electron chi connectivity index (χ2n) is 8.95. The van der Waals surface area contributed by atoms with Gasteiger partial charge in [-0.1, -0.05) is 68.8 Å². The molecule has 0 aliphatic heterocycles. The van der Waals surface area contributed by atoms with Crippen LogP contribution in [-0.4, -0.2) is 17.7 Å². The van der Waals surface area contributed by atoms with Gasteiger partial charge in [-0.15, -0.1) is 0 Å². The number of aryl methyl sites for hydroxylation is 1. The van der Waals surface area contributed by atoms with Gasteiger partial charge in [-0.05, 0) is 42.8 Å². The van der Waals surface area contributed by atoms with Crippen molar-refractivity contribution in [2.75, 3.05) is 10.6 Å². The lowest BCUT2D eigenvalue weighted by molar-refractivity contribution is -0.123. The lowest BCUT2D eigenvalue weighted by Crippen LogP contribution is -2.27. The highest BCUT2D eigenvalue weighted by atomic mass is 16.2. The Morgan fingerprint density at radius 1 is 0.788 bits per heavy atom. The molecule has 170 valence electrons. The van der Waals surface area contributed by atoms with Crippen LogP contribution in [0.3, 0.4) is 0 Å². The fourth-order valence-electron chi connectivity index (χ4n) is 3.02. The molecule has 6 nitrogen and oxygen atoms in total. The topological polar surface area (TPSA) is 87.3 Å². The van der Waals surface area contributed by atoms with Gasteiger partial charge in [0.05, 0.1) is 11.3 Å². The van der Waals surface area contributed by atoms with Crippen LogP contribution in [0.15, 0.2) is 72.8 Å². The minimum absolute atomic E-state index is 0.143. The molecule has 0 radical (unpaired) electrons. The molecule has 33 heavy (non-hydrogen) atoms. The van der Waals surface area contributed by atoms with Gasteiger partial charge in [-0.25, -0.2) is 0 Å². The Morgan fingerprint density at radius 2 is 1.48 bits per heavy atom. The Morgan fingerprint density at radius 3 is 2.18 bits per heavy atom. The van der Waals surface area contributed by atoms with Gasteiger partial charge in [0.15, 0.2) is 0 Å². The zero-order chi connectivity index (χ0) is 24.0. The van der Waals surface area contributed by atoms with Crippen LogP contribution >= 0.6 is 0 Å². The quantitative estimate of drug-likeness (QED) is 0.492. The number of rotatable bonds is 6. The Hall–Kier alpha value is -3.93. The molecule has 0 aliphatic rings. The summed E-state index contributed by atoms with van der Waals surface area (Å²) < 4.78 is 0. The number of amides is 3. The molecule has 3 amide bonds. The Bertz CT molecular complexity index is 1160. The van der Waals surface area contributed by atoms with E-state index in [1.807, 2.05) is 52.0 Å². The van der Waals surface area contributed by atoms with E-state index in [2.05, 4.69) is 16.0 Å². The van der Waals surface area contributed by atoms with Crippen LogP contribution in [0.25, 0.3) is 0 Å². The maximum absolute atomic E-state index is 12.9. The largest absolute Gasteiger partial charge is 0.348 e. The molecule has 0 unspecified atom stereocenters. The first-order valence-corrected chi connectivity index (χ1v) is 10.8. The van der Waals surface area contributed by atoms with Crippen LogP contribution < -0.4 is 16.0 Å². The van der Waals surface area contributed by atoms with Crippen molar-refractivity contribution < 1.29 is 14.4 Å². The summed E-state index contributed by atoms with van der Waals surface area (Å²) in [6.07, 6.45) is 0. The van der Waals surface area contributed by atoms with Crippen molar-refractivity contribution in [2.24, 2.45) is 5.41 Å². The van der Waals surface area contributed by atoms with E-state index in [0.29, 0.717) is 29.0 Å². The van der Waals surface area contributed by atoms with Crippen LogP contribution in [0, 0.1) is 12.3 Å². The zero-order valence-corrected chi connectivity index (χ0v) is 19.4. The molecule has 0 saturated carbocycles. The number of benzene rings is 3. The molecule has 0 saturated heterocycles. The highest BCUT2D eigenvalue weighted by Crippen LogP contribution is 2.20. The fourth-order valence-corrected chi connectivity index (χ4v) is 3.02. The first-order chi connectivity index (χ1) is 15.6. The third kappa shape index (κ3) is 6.53. The molecule has 0 aromatic heterocycles. The van der Waals surface area contributed by atoms with E-state index >= 15 is 0 Å². The van der Waals surface area contributed by atoms with Crippen LogP contribution in [-0.2, 0) is 11.3 Å². The molecule has 0 spiro atoms. The molecule has 0 atom stereocenters. The summed E-state index contributed by atoms with van der Waals surface area (Å²) in [5.41, 5.74) is 3.28. The molecular formula is C27H29N3O3. The molecule has 0 heterocycles. The van der Waals surface area contributed by atoms with Gasteiger partial charge in [-0.2, -0.15) is 0 Å². The molecule has 0 bridgehead atoms. The number of nitrogens with one attached hydrogen (secondary N) is 3. The molecule has 0 fully saturated rings. The van der Waals surface area contributed by atoms with E-state index in [1.165, 1.54) is 0 Å². The summed E-state index contributed by atoms with van der Waals surface area (Å²) in [6.45, 7) is 7.85. The van der Waals surface area contributed by atoms with Crippen molar-refractivity contribution >= 4 is 29.1 Å². The summed E-state index contributed by atoms with van der Waals surface area (Å²) in [4.78, 5) is 37.9. The van der Waals surface area contributed by atoms with Gasteiger partial charge < -0.3 is 16.0 Å². The van der Waals surface area contributed by atoms with Gasteiger partial charge in [0, 0.05) is 23.2 Å². The smallest absolute Gasteiger partial charge is 0.255 e. The van der Waals surface area contributed by atoms with Crippen molar-refractivity contribution in [1.82, 2.24) is 5.32 Å². The first kappa shape index (κ1) is 23.7. The molecule has 3 N–H and O–H groups in total. The Kier molecular flexibility index (Phi) is 7.28. The summed E-state index contributed by atoms with van der Waals surface area (Å²) >= 11 is 0. The van der Waals surface area contributed by atoms with Gasteiger partial charge in [0.1, 0.15) is 0 Å². The number of carbonyl (C=O) groups is 3. The van der Waals surface area contributed by atoms with E-state index in [0.717, 1.165) is 11.1 Å². The molecule has 6 heteroatoms. The van der Waals surface area contributed by atoms with E-state index in [-0.39, 0.29) is 17.7 Å². The number of hydrogen-bond acceptors (Lipinski definition) is 3. The Balaban J connectivity index is 1.70. The molecule has 3 aromatic rings. The predicted octanol–water partition coefficient (Wildman–Crippen LogP) is 5.16. The van der Waals surface area contributed by atoms with Crippen molar-refractivity contribution in [2.45, 2.75) is 34.2 Å². The van der Waals surface area contributed by atoms with Crippen molar-refractivity contribution in [1.29, 1.82) is 0 Å². The van der Waals surface area contributed by atoms with E-state index in [1.54, 1.807) is 48.5 Å². The monoisotopic (exact) mass is 443 g/mol. The zero-order valence-electron chi connectivity index (χ0n) is 19.4. The number of hydrogen-bond donors (Lipinski definition) is 3. The molecule has 0 aliphatic carbocycles. The number of para-hydroxylation sites is 1. The lowest BCUT2D eigenvalue weighted by Gasteiger charge is -2.18. The molecular weight excluding hydrogens is 414 g/mol. The highest BCUT2D eigenvalue weighted by Gasteiger charge is 2.21.